The molecule has 0 amide bonds. The van der Waals surface area contributed by atoms with E-state index in [-0.39, 0.29) is 0 Å². The second kappa shape index (κ2) is 2.48. The Morgan fingerprint density at radius 3 is 2.64 bits per heavy atom. The third-order valence-electron chi connectivity index (χ3n) is 3.42. The minimum atomic E-state index is 0.770. The van der Waals surface area contributed by atoms with Gasteiger partial charge in [0.25, 0.3) is 0 Å². The molecule has 1 spiro atoms. The van der Waals surface area contributed by atoms with Crippen LogP contribution < -0.4 is 0 Å². The maximum atomic E-state index is 2.51. The Morgan fingerprint density at radius 2 is 2.09 bits per heavy atom. The first-order valence-electron chi connectivity index (χ1n) is 4.89. The quantitative estimate of drug-likeness (QED) is 0.515. The standard InChI is InChI=1S/C10H19N/c1-9-6-10(7-9)4-3-5-11(2)8-10/h9H,3-8H2,1-2H3/t9-,10-. The minimum absolute atomic E-state index is 0.770. The van der Waals surface area contributed by atoms with E-state index in [1.165, 1.54) is 38.8 Å². The van der Waals surface area contributed by atoms with Gasteiger partial charge in [0, 0.05) is 6.54 Å². The van der Waals surface area contributed by atoms with Crippen LogP contribution in [-0.4, -0.2) is 25.0 Å². The molecule has 64 valence electrons. The van der Waals surface area contributed by atoms with Crippen LogP contribution in [0.5, 0.6) is 0 Å². The summed E-state index contributed by atoms with van der Waals surface area (Å²) < 4.78 is 0. The Balaban J connectivity index is 1.93. The van der Waals surface area contributed by atoms with Crippen molar-refractivity contribution in [1.82, 2.24) is 4.90 Å². The Kier molecular flexibility index (Phi) is 1.71. The molecule has 0 aromatic rings. The normalized spacial score (nSPS) is 45.8. The topological polar surface area (TPSA) is 3.24 Å². The minimum Gasteiger partial charge on any atom is -0.306 e. The number of hydrogen-bond donors (Lipinski definition) is 0. The zero-order valence-electron chi connectivity index (χ0n) is 7.77. The van der Waals surface area contributed by atoms with E-state index in [0.29, 0.717) is 0 Å². The van der Waals surface area contributed by atoms with Crippen LogP contribution in [0.2, 0.25) is 0 Å². The van der Waals surface area contributed by atoms with Crippen LogP contribution in [0.1, 0.15) is 32.6 Å². The van der Waals surface area contributed by atoms with Crippen molar-refractivity contribution in [3.63, 3.8) is 0 Å². The van der Waals surface area contributed by atoms with Gasteiger partial charge in [-0.2, -0.15) is 0 Å². The van der Waals surface area contributed by atoms with Gasteiger partial charge in [-0.25, -0.2) is 0 Å². The third kappa shape index (κ3) is 1.31. The van der Waals surface area contributed by atoms with Crippen molar-refractivity contribution in [2.24, 2.45) is 11.3 Å². The Morgan fingerprint density at radius 1 is 1.36 bits per heavy atom. The molecular formula is C10H19N. The van der Waals surface area contributed by atoms with Crippen molar-refractivity contribution in [2.45, 2.75) is 32.6 Å². The molecule has 0 radical (unpaired) electrons. The Labute approximate surface area is 69.8 Å². The molecule has 0 atom stereocenters. The molecule has 0 unspecified atom stereocenters. The lowest BCUT2D eigenvalue weighted by molar-refractivity contribution is -0.00749. The van der Waals surface area contributed by atoms with E-state index < -0.39 is 0 Å². The summed E-state index contributed by atoms with van der Waals surface area (Å²) in [6.07, 6.45) is 5.93. The van der Waals surface area contributed by atoms with Crippen molar-refractivity contribution < 1.29 is 0 Å². The molecule has 0 bridgehead atoms. The molecule has 0 aromatic carbocycles. The first kappa shape index (κ1) is 7.60. The van der Waals surface area contributed by atoms with Gasteiger partial charge in [-0.05, 0) is 50.6 Å². The average molecular weight is 153 g/mol. The molecule has 1 saturated carbocycles. The van der Waals surface area contributed by atoms with Gasteiger partial charge in [-0.3, -0.25) is 0 Å². The molecule has 1 heteroatoms. The van der Waals surface area contributed by atoms with Crippen molar-refractivity contribution in [3.8, 4) is 0 Å². The lowest BCUT2D eigenvalue weighted by Gasteiger charge is -2.51. The lowest BCUT2D eigenvalue weighted by Crippen LogP contribution is -2.48. The SMILES string of the molecule is CN1CCC[C@]2(C1)C[C@H](C)C2. The molecule has 2 fully saturated rings. The van der Waals surface area contributed by atoms with E-state index in [0.717, 1.165) is 11.3 Å². The number of piperidine rings is 1. The van der Waals surface area contributed by atoms with Crippen molar-refractivity contribution in [3.05, 3.63) is 0 Å². The molecule has 0 aromatic heterocycles. The fourth-order valence-corrected chi connectivity index (χ4v) is 3.21. The summed E-state index contributed by atoms with van der Waals surface area (Å²) >= 11 is 0. The van der Waals surface area contributed by atoms with E-state index in [1.807, 2.05) is 0 Å². The smallest absolute Gasteiger partial charge is 0.00351 e. The molecule has 1 aliphatic heterocycles. The average Bonchev–Trinajstić information content (AvgIpc) is 1.84. The van der Waals surface area contributed by atoms with Crippen molar-refractivity contribution in [2.75, 3.05) is 20.1 Å². The summed E-state index contributed by atoms with van der Waals surface area (Å²) in [6.45, 7) is 5.09. The zero-order valence-corrected chi connectivity index (χ0v) is 7.77. The predicted molar refractivity (Wildman–Crippen MR) is 47.6 cm³/mol. The van der Waals surface area contributed by atoms with Gasteiger partial charge in [-0.15, -0.1) is 0 Å². The number of likely N-dealkylation sites (tertiary alicyclic amines) is 1. The van der Waals surface area contributed by atoms with E-state index in [1.54, 1.807) is 0 Å². The summed E-state index contributed by atoms with van der Waals surface area (Å²) in [5.41, 5.74) is 0.770. The van der Waals surface area contributed by atoms with Crippen LogP contribution in [0.3, 0.4) is 0 Å². The summed E-state index contributed by atoms with van der Waals surface area (Å²) in [5.74, 6) is 1.02. The first-order valence-corrected chi connectivity index (χ1v) is 4.89. The van der Waals surface area contributed by atoms with Gasteiger partial charge in [-0.1, -0.05) is 6.92 Å². The maximum Gasteiger partial charge on any atom is 0.00351 e. The molecule has 11 heavy (non-hydrogen) atoms. The highest BCUT2D eigenvalue weighted by Gasteiger charge is 2.43. The predicted octanol–water partition coefficient (Wildman–Crippen LogP) is 2.13. The Bertz CT molecular complexity index is 141. The fraction of sp³-hybridized carbons (Fsp3) is 1.00. The van der Waals surface area contributed by atoms with Gasteiger partial charge >= 0.3 is 0 Å². The van der Waals surface area contributed by atoms with E-state index in [9.17, 15) is 0 Å². The van der Waals surface area contributed by atoms with E-state index in [2.05, 4.69) is 18.9 Å². The van der Waals surface area contributed by atoms with Crippen LogP contribution in [0, 0.1) is 11.3 Å². The van der Waals surface area contributed by atoms with Crippen LogP contribution in [0.25, 0.3) is 0 Å². The van der Waals surface area contributed by atoms with Crippen LogP contribution in [0.4, 0.5) is 0 Å². The number of rotatable bonds is 0. The molecule has 1 aliphatic carbocycles. The van der Waals surface area contributed by atoms with Crippen molar-refractivity contribution >= 4 is 0 Å². The van der Waals surface area contributed by atoms with Crippen LogP contribution >= 0.6 is 0 Å². The zero-order chi connectivity index (χ0) is 7.90. The molecule has 1 saturated heterocycles. The molecule has 1 heterocycles. The van der Waals surface area contributed by atoms with Crippen molar-refractivity contribution in [1.29, 1.82) is 0 Å². The van der Waals surface area contributed by atoms with Gasteiger partial charge in [0.05, 0.1) is 0 Å². The molecule has 2 rings (SSSR count). The van der Waals surface area contributed by atoms with Gasteiger partial charge < -0.3 is 4.90 Å². The molecule has 1 nitrogen and oxygen atoms in total. The number of nitrogens with zero attached hydrogens (tertiary/aromatic N) is 1. The molecule has 2 aliphatic rings. The molecule has 0 N–H and O–H groups in total. The lowest BCUT2D eigenvalue weighted by atomic mass is 9.59. The molecular weight excluding hydrogens is 134 g/mol. The third-order valence-corrected chi connectivity index (χ3v) is 3.42. The first-order chi connectivity index (χ1) is 5.20. The van der Waals surface area contributed by atoms with Gasteiger partial charge in [0.15, 0.2) is 0 Å². The second-order valence-corrected chi connectivity index (χ2v) is 4.85. The highest BCUT2D eigenvalue weighted by molar-refractivity contribution is 4.95. The van der Waals surface area contributed by atoms with E-state index in [4.69, 9.17) is 0 Å². The largest absolute Gasteiger partial charge is 0.306 e. The van der Waals surface area contributed by atoms with E-state index >= 15 is 0 Å². The Hall–Kier alpha value is -0.0400. The summed E-state index contributed by atoms with van der Waals surface area (Å²) in [6, 6.07) is 0. The van der Waals surface area contributed by atoms with Gasteiger partial charge in [0.2, 0.25) is 0 Å². The number of hydrogen-bond acceptors (Lipinski definition) is 1. The maximum absolute atomic E-state index is 2.51. The van der Waals surface area contributed by atoms with Gasteiger partial charge in [0.1, 0.15) is 0 Å². The summed E-state index contributed by atoms with van der Waals surface area (Å²) in [7, 11) is 2.27. The highest BCUT2D eigenvalue weighted by Crippen LogP contribution is 2.50. The van der Waals surface area contributed by atoms with Crippen LogP contribution in [0.15, 0.2) is 0 Å². The summed E-state index contributed by atoms with van der Waals surface area (Å²) in [5, 5.41) is 0. The fourth-order valence-electron chi connectivity index (χ4n) is 3.21. The van der Waals surface area contributed by atoms with Crippen LogP contribution in [-0.2, 0) is 0 Å². The second-order valence-electron chi connectivity index (χ2n) is 4.85. The summed E-state index contributed by atoms with van der Waals surface area (Å²) in [4.78, 5) is 2.51. The monoisotopic (exact) mass is 153 g/mol. The highest BCUT2D eigenvalue weighted by atomic mass is 15.1.